The second kappa shape index (κ2) is 4.58. The Labute approximate surface area is 78.0 Å². The van der Waals surface area contributed by atoms with Crippen molar-refractivity contribution in [3.63, 3.8) is 0 Å². The average molecular weight is 187 g/mol. The third kappa shape index (κ3) is 2.97. The normalized spacial score (nSPS) is 29.4. The van der Waals surface area contributed by atoms with Crippen LogP contribution >= 0.6 is 0 Å². The van der Waals surface area contributed by atoms with Crippen molar-refractivity contribution in [2.24, 2.45) is 5.92 Å². The number of nitrogens with one attached hydrogen (secondary N) is 1. The van der Waals surface area contributed by atoms with Crippen molar-refractivity contribution in [2.75, 3.05) is 6.54 Å². The Morgan fingerprint density at radius 1 is 1.62 bits per heavy atom. The zero-order valence-electron chi connectivity index (χ0n) is 7.86. The molecule has 1 aliphatic rings. The first kappa shape index (κ1) is 10.5. The summed E-state index contributed by atoms with van der Waals surface area (Å²) in [5, 5.41) is 20.8. The predicted molar refractivity (Wildman–Crippen MR) is 48.4 cm³/mol. The van der Waals surface area contributed by atoms with Gasteiger partial charge in [0.25, 0.3) is 0 Å². The molecule has 13 heavy (non-hydrogen) atoms. The van der Waals surface area contributed by atoms with Gasteiger partial charge in [-0.25, -0.2) is 0 Å². The minimum atomic E-state index is -0.708. The fourth-order valence-corrected chi connectivity index (χ4v) is 1.52. The number of aliphatic hydroxyl groups is 1. The Balaban J connectivity index is 2.12. The highest BCUT2D eigenvalue weighted by Gasteiger charge is 2.35. The van der Waals surface area contributed by atoms with Crippen molar-refractivity contribution in [2.45, 2.75) is 38.3 Å². The highest BCUT2D eigenvalue weighted by atomic mass is 16.4. The van der Waals surface area contributed by atoms with Gasteiger partial charge in [0.1, 0.15) is 0 Å². The maximum absolute atomic E-state index is 10.6. The molecule has 4 heteroatoms. The summed E-state index contributed by atoms with van der Waals surface area (Å²) in [5.41, 5.74) is 0. The summed E-state index contributed by atoms with van der Waals surface area (Å²) in [7, 11) is 0. The first-order chi connectivity index (χ1) is 6.11. The van der Waals surface area contributed by atoms with Gasteiger partial charge in [-0.1, -0.05) is 0 Å². The summed E-state index contributed by atoms with van der Waals surface area (Å²) in [4.78, 5) is 10.6. The van der Waals surface area contributed by atoms with Crippen LogP contribution in [0.2, 0.25) is 0 Å². The van der Waals surface area contributed by atoms with Gasteiger partial charge in [0, 0.05) is 6.04 Å². The van der Waals surface area contributed by atoms with Crippen LogP contribution in [-0.2, 0) is 4.79 Å². The molecule has 3 unspecified atom stereocenters. The summed E-state index contributed by atoms with van der Waals surface area (Å²) in [6, 6.07) is 0.122. The molecule has 1 rings (SSSR count). The van der Waals surface area contributed by atoms with Gasteiger partial charge in [-0.15, -0.1) is 0 Å². The van der Waals surface area contributed by atoms with Crippen molar-refractivity contribution in [1.29, 1.82) is 0 Å². The van der Waals surface area contributed by atoms with E-state index in [2.05, 4.69) is 5.32 Å². The first-order valence-electron chi connectivity index (χ1n) is 4.75. The predicted octanol–water partition coefficient (Wildman–Crippen LogP) is 0.210. The van der Waals surface area contributed by atoms with Crippen molar-refractivity contribution >= 4 is 5.97 Å². The molecule has 0 spiro atoms. The van der Waals surface area contributed by atoms with Crippen LogP contribution in [0.25, 0.3) is 0 Å². The van der Waals surface area contributed by atoms with E-state index in [4.69, 9.17) is 10.2 Å². The highest BCUT2D eigenvalue weighted by molar-refractivity contribution is 5.72. The number of rotatable bonds is 5. The van der Waals surface area contributed by atoms with Crippen LogP contribution in [0.3, 0.4) is 0 Å². The van der Waals surface area contributed by atoms with E-state index in [9.17, 15) is 4.79 Å². The Morgan fingerprint density at radius 3 is 2.69 bits per heavy atom. The number of hydrogen-bond acceptors (Lipinski definition) is 3. The van der Waals surface area contributed by atoms with Gasteiger partial charge in [0.15, 0.2) is 0 Å². The number of aliphatic hydroxyl groups excluding tert-OH is 1. The van der Waals surface area contributed by atoms with E-state index >= 15 is 0 Å². The molecule has 0 aromatic rings. The van der Waals surface area contributed by atoms with Crippen LogP contribution in [0.5, 0.6) is 0 Å². The van der Waals surface area contributed by atoms with Gasteiger partial charge in [-0.2, -0.15) is 0 Å². The van der Waals surface area contributed by atoms with Crippen molar-refractivity contribution in [1.82, 2.24) is 5.32 Å². The summed E-state index contributed by atoms with van der Waals surface area (Å²) in [6.45, 7) is 2.43. The number of carboxylic acids is 1. The summed E-state index contributed by atoms with van der Waals surface area (Å²) in [6.07, 6.45) is 2.09. The number of aliphatic carboxylic acids is 1. The molecule has 0 radical (unpaired) electrons. The lowest BCUT2D eigenvalue weighted by molar-refractivity contribution is -0.146. The second-order valence-electron chi connectivity index (χ2n) is 3.72. The number of carbonyl (C=O) groups is 1. The smallest absolute Gasteiger partial charge is 0.308 e. The molecule has 0 aromatic carbocycles. The SMILES string of the molecule is CC(O)CCNC1CCC1C(=O)O. The molecular formula is C9H17NO3. The lowest BCUT2D eigenvalue weighted by Gasteiger charge is -2.34. The van der Waals surface area contributed by atoms with E-state index in [1.807, 2.05) is 0 Å². The van der Waals surface area contributed by atoms with E-state index in [0.29, 0.717) is 13.0 Å². The third-order valence-corrected chi connectivity index (χ3v) is 2.56. The quantitative estimate of drug-likeness (QED) is 0.575. The maximum Gasteiger partial charge on any atom is 0.308 e. The molecule has 76 valence electrons. The molecule has 0 amide bonds. The molecule has 0 saturated heterocycles. The molecule has 1 aliphatic carbocycles. The number of carboxylic acid groups (broad SMARTS) is 1. The summed E-state index contributed by atoms with van der Waals surface area (Å²) < 4.78 is 0. The number of hydrogen-bond donors (Lipinski definition) is 3. The lowest BCUT2D eigenvalue weighted by Crippen LogP contribution is -2.48. The van der Waals surface area contributed by atoms with Gasteiger partial charge in [0.05, 0.1) is 12.0 Å². The summed E-state index contributed by atoms with van der Waals surface area (Å²) >= 11 is 0. The van der Waals surface area contributed by atoms with Gasteiger partial charge in [-0.3, -0.25) is 4.79 Å². The molecule has 0 heterocycles. The van der Waals surface area contributed by atoms with Crippen molar-refractivity contribution in [3.05, 3.63) is 0 Å². The van der Waals surface area contributed by atoms with E-state index < -0.39 is 5.97 Å². The van der Waals surface area contributed by atoms with E-state index in [1.54, 1.807) is 6.92 Å². The van der Waals surface area contributed by atoms with Gasteiger partial charge in [-0.05, 0) is 32.7 Å². The Hall–Kier alpha value is -0.610. The summed E-state index contributed by atoms with van der Waals surface area (Å²) in [5.74, 6) is -0.921. The van der Waals surface area contributed by atoms with Crippen LogP contribution in [0, 0.1) is 5.92 Å². The maximum atomic E-state index is 10.6. The standard InChI is InChI=1S/C9H17NO3/c1-6(11)4-5-10-8-3-2-7(8)9(12)13/h6-8,10-11H,2-5H2,1H3,(H,12,13). The zero-order valence-corrected chi connectivity index (χ0v) is 7.86. The van der Waals surface area contributed by atoms with Crippen molar-refractivity contribution < 1.29 is 15.0 Å². The largest absolute Gasteiger partial charge is 0.481 e. The minimum Gasteiger partial charge on any atom is -0.481 e. The Kier molecular flexibility index (Phi) is 3.69. The van der Waals surface area contributed by atoms with Crippen LogP contribution in [0.15, 0.2) is 0 Å². The monoisotopic (exact) mass is 187 g/mol. The molecular weight excluding hydrogens is 170 g/mol. The minimum absolute atomic E-state index is 0.122. The van der Waals surface area contributed by atoms with Crippen LogP contribution < -0.4 is 5.32 Å². The van der Waals surface area contributed by atoms with E-state index in [-0.39, 0.29) is 18.1 Å². The first-order valence-corrected chi connectivity index (χ1v) is 4.75. The molecule has 4 nitrogen and oxygen atoms in total. The molecule has 0 aliphatic heterocycles. The molecule has 3 N–H and O–H groups in total. The topological polar surface area (TPSA) is 69.6 Å². The Bertz CT molecular complexity index is 182. The highest BCUT2D eigenvalue weighted by Crippen LogP contribution is 2.27. The Morgan fingerprint density at radius 2 is 2.31 bits per heavy atom. The molecule has 0 aromatic heterocycles. The van der Waals surface area contributed by atoms with Crippen molar-refractivity contribution in [3.8, 4) is 0 Å². The van der Waals surface area contributed by atoms with Crippen LogP contribution in [0.4, 0.5) is 0 Å². The zero-order chi connectivity index (χ0) is 9.84. The average Bonchev–Trinajstić information content (AvgIpc) is 1.93. The van der Waals surface area contributed by atoms with E-state index in [1.165, 1.54) is 0 Å². The second-order valence-corrected chi connectivity index (χ2v) is 3.72. The molecule has 1 fully saturated rings. The van der Waals surface area contributed by atoms with Gasteiger partial charge >= 0.3 is 5.97 Å². The molecule has 1 saturated carbocycles. The molecule has 3 atom stereocenters. The lowest BCUT2D eigenvalue weighted by atomic mass is 9.79. The third-order valence-electron chi connectivity index (χ3n) is 2.56. The van der Waals surface area contributed by atoms with Crippen LogP contribution in [0.1, 0.15) is 26.2 Å². The van der Waals surface area contributed by atoms with Crippen LogP contribution in [-0.4, -0.2) is 34.9 Å². The fraction of sp³-hybridized carbons (Fsp3) is 0.889. The van der Waals surface area contributed by atoms with E-state index in [0.717, 1.165) is 12.8 Å². The van der Waals surface area contributed by atoms with Gasteiger partial charge < -0.3 is 15.5 Å². The van der Waals surface area contributed by atoms with Gasteiger partial charge in [0.2, 0.25) is 0 Å². The fourth-order valence-electron chi connectivity index (χ4n) is 1.52. The molecule has 0 bridgehead atoms.